The Balaban J connectivity index is 0.922. The fourth-order valence-corrected chi connectivity index (χ4v) is 16.6. The molecule has 0 fully saturated rings. The zero-order valence-electron chi connectivity index (χ0n) is 48.5. The van der Waals surface area contributed by atoms with Crippen LogP contribution in [-0.4, -0.2) is 44.3 Å². The summed E-state index contributed by atoms with van der Waals surface area (Å²) in [4.78, 5) is 28.5. The molecule has 0 amide bonds. The lowest BCUT2D eigenvalue weighted by molar-refractivity contribution is 0.678. The number of pyridine rings is 1. The van der Waals surface area contributed by atoms with E-state index in [9.17, 15) is 0 Å². The van der Waals surface area contributed by atoms with Crippen LogP contribution in [0, 0.1) is 0 Å². The quantitative estimate of drug-likeness (QED) is 0.0447. The summed E-state index contributed by atoms with van der Waals surface area (Å²) < 4.78 is 0. The first-order chi connectivity index (χ1) is 39.8. The van der Waals surface area contributed by atoms with Gasteiger partial charge in [0.2, 0.25) is 0 Å². The summed E-state index contributed by atoms with van der Waals surface area (Å²) >= 11 is 11.2. The molecule has 81 heavy (non-hydrogen) atoms. The van der Waals surface area contributed by atoms with Gasteiger partial charge in [0.15, 0.2) is 0 Å². The van der Waals surface area contributed by atoms with Crippen LogP contribution in [0.2, 0.25) is 0 Å². The Hall–Kier alpha value is -5.59. The van der Waals surface area contributed by atoms with E-state index in [1.165, 1.54) is 175 Å². The molecular weight excluding hydrogens is 1100 g/mol. The third-order valence-electron chi connectivity index (χ3n) is 15.2. The van der Waals surface area contributed by atoms with E-state index in [4.69, 9.17) is 4.98 Å². The number of unbranched alkanes of at least 4 members (excludes halogenated alkanes) is 6. The number of hydrogen-bond acceptors (Lipinski definition) is 10. The Labute approximate surface area is 508 Å². The molecule has 0 saturated carbocycles. The lowest BCUT2D eigenvalue weighted by Crippen LogP contribution is -2.25. The molecule has 0 unspecified atom stereocenters. The van der Waals surface area contributed by atoms with Gasteiger partial charge in [-0.25, -0.2) is 4.98 Å². The van der Waals surface area contributed by atoms with Crippen LogP contribution in [0.5, 0.6) is 0 Å². The third-order valence-corrected chi connectivity index (χ3v) is 22.6. The summed E-state index contributed by atoms with van der Waals surface area (Å²) in [7, 11) is 0. The van der Waals surface area contributed by atoms with Crippen LogP contribution in [0.25, 0.3) is 92.2 Å². The maximum absolute atomic E-state index is 5.51. The SMILES string of the molecule is CCCCN(CCCC)c1ccc(-c2ccc(-c3ccc(-c4cc(-c5ccc(-c6ccc(-c7ccc(N(CCCC)CCCC)cc7)s6)s5)nc(-c5ccc(-c6ccc(-c7ccc(N(CCCC)CCCC)cc7)s6)s5)c4)s3)s2)cc1. The largest absolute Gasteiger partial charge is 0.372 e. The molecule has 0 N–H and O–H groups in total. The van der Waals surface area contributed by atoms with Crippen LogP contribution in [0.1, 0.15) is 119 Å². The van der Waals surface area contributed by atoms with E-state index in [2.05, 4.69) is 214 Å². The molecule has 10 heteroatoms. The molecule has 0 atom stereocenters. The summed E-state index contributed by atoms with van der Waals surface area (Å²) in [5.74, 6) is 0. The lowest BCUT2D eigenvalue weighted by Gasteiger charge is -2.24. The molecule has 7 heterocycles. The molecule has 0 aliphatic carbocycles. The minimum atomic E-state index is 1.02. The second-order valence-electron chi connectivity index (χ2n) is 21.3. The molecule has 3 aromatic carbocycles. The molecule has 0 bridgehead atoms. The Morgan fingerprint density at radius 3 is 0.704 bits per heavy atom. The number of thiophene rings is 6. The van der Waals surface area contributed by atoms with E-state index in [0.29, 0.717) is 0 Å². The van der Waals surface area contributed by atoms with E-state index in [0.717, 1.165) is 50.7 Å². The van der Waals surface area contributed by atoms with Crippen LogP contribution >= 0.6 is 68.0 Å². The first kappa shape index (κ1) is 58.6. The second kappa shape index (κ2) is 29.1. The average Bonchev–Trinajstić information content (AvgIpc) is 4.42. The Morgan fingerprint density at radius 2 is 0.457 bits per heavy atom. The Bertz CT molecular complexity index is 3090. The van der Waals surface area contributed by atoms with Gasteiger partial charge in [-0.2, -0.15) is 0 Å². The van der Waals surface area contributed by atoms with Gasteiger partial charge in [0.1, 0.15) is 0 Å². The van der Waals surface area contributed by atoms with Gasteiger partial charge in [0.05, 0.1) is 21.1 Å². The highest BCUT2D eigenvalue weighted by Gasteiger charge is 2.19. The van der Waals surface area contributed by atoms with Crippen molar-refractivity contribution < 1.29 is 0 Å². The van der Waals surface area contributed by atoms with Crippen molar-refractivity contribution in [3.8, 4) is 92.2 Å². The van der Waals surface area contributed by atoms with Crippen molar-refractivity contribution in [2.75, 3.05) is 54.0 Å². The van der Waals surface area contributed by atoms with Crippen LogP contribution in [0.3, 0.4) is 0 Å². The molecule has 10 rings (SSSR count). The first-order valence-electron chi connectivity index (χ1n) is 30.0. The lowest BCUT2D eigenvalue weighted by atomic mass is 10.1. The highest BCUT2D eigenvalue weighted by atomic mass is 32.1. The predicted octanol–water partition coefficient (Wildman–Crippen LogP) is 23.7. The summed E-state index contributed by atoms with van der Waals surface area (Å²) in [5.41, 5.74) is 11.1. The molecule has 4 nitrogen and oxygen atoms in total. The van der Waals surface area contributed by atoms with Gasteiger partial charge in [0, 0.05) is 105 Å². The van der Waals surface area contributed by atoms with Crippen molar-refractivity contribution in [3.05, 3.63) is 158 Å². The van der Waals surface area contributed by atoms with Crippen molar-refractivity contribution in [3.63, 3.8) is 0 Å². The predicted molar refractivity (Wildman–Crippen MR) is 367 cm³/mol. The molecule has 10 aromatic rings. The Kier molecular flexibility index (Phi) is 21.0. The number of hydrogen-bond donors (Lipinski definition) is 0. The van der Waals surface area contributed by atoms with Gasteiger partial charge in [-0.05, 0) is 182 Å². The number of aromatic nitrogens is 1. The fourth-order valence-electron chi connectivity index (χ4n) is 10.4. The molecule has 0 aliphatic heterocycles. The molecule has 0 aliphatic rings. The van der Waals surface area contributed by atoms with Crippen LogP contribution in [0.4, 0.5) is 17.1 Å². The number of rotatable bonds is 30. The average molecular weight is 1180 g/mol. The van der Waals surface area contributed by atoms with Gasteiger partial charge >= 0.3 is 0 Å². The molecule has 420 valence electrons. The number of anilines is 3. The topological polar surface area (TPSA) is 22.6 Å². The highest BCUT2D eigenvalue weighted by Crippen LogP contribution is 2.46. The smallest absolute Gasteiger partial charge is 0.0816 e. The zero-order valence-corrected chi connectivity index (χ0v) is 53.4. The van der Waals surface area contributed by atoms with Gasteiger partial charge in [-0.15, -0.1) is 68.0 Å². The Morgan fingerprint density at radius 1 is 0.247 bits per heavy atom. The van der Waals surface area contributed by atoms with Crippen LogP contribution in [0.15, 0.2) is 158 Å². The van der Waals surface area contributed by atoms with E-state index in [1.807, 2.05) is 68.0 Å². The monoisotopic (exact) mass is 1180 g/mol. The van der Waals surface area contributed by atoms with E-state index in [1.54, 1.807) is 0 Å². The zero-order chi connectivity index (χ0) is 55.9. The van der Waals surface area contributed by atoms with Crippen molar-refractivity contribution in [2.45, 2.75) is 119 Å². The van der Waals surface area contributed by atoms with Crippen LogP contribution < -0.4 is 14.7 Å². The molecular formula is C71H80N4S6. The van der Waals surface area contributed by atoms with Gasteiger partial charge in [0.25, 0.3) is 0 Å². The summed E-state index contributed by atoms with van der Waals surface area (Å²) in [6, 6.07) is 60.1. The van der Waals surface area contributed by atoms with Crippen molar-refractivity contribution in [1.82, 2.24) is 4.98 Å². The maximum atomic E-state index is 5.51. The second-order valence-corrected chi connectivity index (χ2v) is 27.8. The van der Waals surface area contributed by atoms with E-state index >= 15 is 0 Å². The van der Waals surface area contributed by atoms with Crippen molar-refractivity contribution >= 4 is 85.1 Å². The normalized spacial score (nSPS) is 11.5. The van der Waals surface area contributed by atoms with E-state index < -0.39 is 0 Å². The highest BCUT2D eigenvalue weighted by molar-refractivity contribution is 7.26. The minimum absolute atomic E-state index is 1.02. The minimum Gasteiger partial charge on any atom is -0.372 e. The maximum Gasteiger partial charge on any atom is 0.0816 e. The molecule has 0 spiro atoms. The van der Waals surface area contributed by atoms with Gasteiger partial charge in [-0.1, -0.05) is 116 Å². The van der Waals surface area contributed by atoms with Crippen molar-refractivity contribution in [2.24, 2.45) is 0 Å². The molecule has 0 radical (unpaired) electrons. The molecule has 0 saturated heterocycles. The fraction of sp³-hybridized carbons (Fsp3) is 0.338. The third kappa shape index (κ3) is 14.8. The summed E-state index contributed by atoms with van der Waals surface area (Å²) in [5, 5.41) is 0. The van der Waals surface area contributed by atoms with Crippen molar-refractivity contribution in [1.29, 1.82) is 0 Å². The van der Waals surface area contributed by atoms with Gasteiger partial charge < -0.3 is 14.7 Å². The first-order valence-corrected chi connectivity index (χ1v) is 34.9. The number of nitrogens with zero attached hydrogens (tertiary/aromatic N) is 4. The molecule has 7 aromatic heterocycles. The number of benzene rings is 3. The summed E-state index contributed by atoms with van der Waals surface area (Å²) in [6.45, 7) is 20.4. The summed E-state index contributed by atoms with van der Waals surface area (Å²) in [6.07, 6.45) is 14.6. The van der Waals surface area contributed by atoms with Gasteiger partial charge in [-0.3, -0.25) is 0 Å². The standard InChI is InChI=1S/C71H80N4S6/c1-7-13-43-73(44-14-8-2)55-25-19-51(20-26-55)60-31-37-66(76-60)67-40-34-63(79-67)54-49-58(64-35-41-70(80-64)68-38-32-61(77-68)52-21-27-56(28-22-52)74(45-15-9-3)46-16-10-4)72-59(50-54)65-36-42-71(81-65)69-39-33-62(78-69)53-23-29-57(30-24-53)75(47-17-11-5)48-18-12-6/h19-42,49-50H,7-18,43-48H2,1-6H3. The van der Waals surface area contributed by atoms with Crippen LogP contribution in [-0.2, 0) is 0 Å². The van der Waals surface area contributed by atoms with E-state index in [-0.39, 0.29) is 0 Å².